The van der Waals surface area contributed by atoms with Crippen LogP contribution in [-0.2, 0) is 19.4 Å². The van der Waals surface area contributed by atoms with Gasteiger partial charge in [0.2, 0.25) is 0 Å². The molecule has 0 amide bonds. The van der Waals surface area contributed by atoms with Gasteiger partial charge in [0, 0.05) is 57.0 Å². The second-order valence-electron chi connectivity index (χ2n) is 9.70. The summed E-state index contributed by atoms with van der Waals surface area (Å²) in [4.78, 5) is 13.2. The number of rotatable bonds is 6. The fourth-order valence-corrected chi connectivity index (χ4v) is 5.44. The number of nitrogens with one attached hydrogen (secondary N) is 2. The van der Waals surface area contributed by atoms with Crippen LogP contribution in [0.1, 0.15) is 30.3 Å². The molecule has 36 heavy (non-hydrogen) atoms. The van der Waals surface area contributed by atoms with Crippen molar-refractivity contribution < 1.29 is 9.50 Å². The number of likely N-dealkylation sites (tertiary alicyclic amines) is 1. The molecule has 0 saturated carbocycles. The van der Waals surface area contributed by atoms with E-state index in [0.29, 0.717) is 18.9 Å². The minimum atomic E-state index is -0.625. The fourth-order valence-electron chi connectivity index (χ4n) is 5.44. The minimum Gasteiger partial charge on any atom is -0.505 e. The van der Waals surface area contributed by atoms with Gasteiger partial charge in [-0.3, -0.25) is 14.9 Å². The summed E-state index contributed by atoms with van der Waals surface area (Å²) in [5, 5.41) is 27.2. The summed E-state index contributed by atoms with van der Waals surface area (Å²) in [6, 6.07) is 11.6. The molecular weight excluding hydrogens is 457 g/mol. The maximum atomic E-state index is 14.1. The lowest BCUT2D eigenvalue weighted by atomic mass is 9.96. The largest absolute Gasteiger partial charge is 0.505 e. The smallest absolute Gasteiger partial charge is 0.165 e. The third kappa shape index (κ3) is 3.92. The number of hydrogen-bond donors (Lipinski definition) is 3. The van der Waals surface area contributed by atoms with Crippen LogP contribution in [0.15, 0.2) is 30.3 Å². The van der Waals surface area contributed by atoms with E-state index in [1.807, 2.05) is 25.1 Å². The number of halogens is 1. The molecule has 0 bridgehead atoms. The minimum absolute atomic E-state index is 0.325. The highest BCUT2D eigenvalue weighted by molar-refractivity contribution is 5.94. The Balaban J connectivity index is 1.23. The molecule has 8 nitrogen and oxygen atoms in total. The number of hydrogen-bond acceptors (Lipinski definition) is 6. The highest BCUT2D eigenvalue weighted by atomic mass is 19.1. The normalized spacial score (nSPS) is 16.7. The Morgan fingerprint density at radius 1 is 1.25 bits per heavy atom. The third-order valence-corrected chi connectivity index (χ3v) is 7.51. The van der Waals surface area contributed by atoms with Crippen LogP contribution >= 0.6 is 0 Å². The van der Waals surface area contributed by atoms with Crippen LogP contribution in [0, 0.1) is 17.1 Å². The number of fused-ring (bicyclic) bond motifs is 2. The van der Waals surface area contributed by atoms with Crippen molar-refractivity contribution in [3.05, 3.63) is 53.1 Å². The Labute approximate surface area is 208 Å². The summed E-state index contributed by atoms with van der Waals surface area (Å²) in [5.74, 6) is -0.191. The van der Waals surface area contributed by atoms with Crippen LogP contribution in [0.5, 0.6) is 5.75 Å². The maximum absolute atomic E-state index is 14.1. The number of aromatic nitrogens is 4. The first-order valence-electron chi connectivity index (χ1n) is 12.5. The van der Waals surface area contributed by atoms with Gasteiger partial charge in [-0.05, 0) is 47.4 Å². The molecule has 184 valence electrons. The van der Waals surface area contributed by atoms with Crippen molar-refractivity contribution in [2.75, 3.05) is 26.2 Å². The van der Waals surface area contributed by atoms with E-state index in [-0.39, 0.29) is 5.75 Å². The fraction of sp³-hybridized carbons (Fsp3) is 0.370. The zero-order chi connectivity index (χ0) is 24.8. The molecule has 0 radical (unpaired) electrons. The molecule has 1 fully saturated rings. The van der Waals surface area contributed by atoms with Gasteiger partial charge in [0.1, 0.15) is 5.69 Å². The van der Waals surface area contributed by atoms with Crippen molar-refractivity contribution in [1.29, 1.82) is 5.26 Å². The molecular formula is C27H28FN7O. The summed E-state index contributed by atoms with van der Waals surface area (Å²) in [5.41, 5.74) is 6.38. The van der Waals surface area contributed by atoms with Gasteiger partial charge in [0.05, 0.1) is 23.0 Å². The van der Waals surface area contributed by atoms with Gasteiger partial charge >= 0.3 is 0 Å². The number of phenols is 1. The van der Waals surface area contributed by atoms with Crippen LogP contribution < -0.4 is 0 Å². The van der Waals surface area contributed by atoms with E-state index in [9.17, 15) is 9.50 Å². The monoisotopic (exact) mass is 485 g/mol. The predicted octanol–water partition coefficient (Wildman–Crippen LogP) is 3.98. The highest BCUT2D eigenvalue weighted by Gasteiger charge is 2.34. The molecule has 0 spiro atoms. The summed E-state index contributed by atoms with van der Waals surface area (Å²) < 4.78 is 14.1. The van der Waals surface area contributed by atoms with E-state index in [2.05, 4.69) is 31.1 Å². The summed E-state index contributed by atoms with van der Waals surface area (Å²) in [6.07, 6.45) is 2.17. The molecule has 2 aliphatic rings. The summed E-state index contributed by atoms with van der Waals surface area (Å²) >= 11 is 0. The number of imidazole rings is 1. The summed E-state index contributed by atoms with van der Waals surface area (Å²) in [6.45, 7) is 6.72. The lowest BCUT2D eigenvalue weighted by molar-refractivity contribution is 0.0266. The number of aromatic hydroxyl groups is 1. The number of benzene rings is 2. The lowest BCUT2D eigenvalue weighted by Crippen LogP contribution is -2.60. The first-order chi connectivity index (χ1) is 17.5. The van der Waals surface area contributed by atoms with Crippen LogP contribution in [0.4, 0.5) is 4.39 Å². The van der Waals surface area contributed by atoms with Crippen molar-refractivity contribution >= 4 is 10.9 Å². The third-order valence-electron chi connectivity index (χ3n) is 7.51. The van der Waals surface area contributed by atoms with E-state index in [1.165, 1.54) is 12.1 Å². The molecule has 4 aromatic rings. The number of H-pyrrole nitrogens is 2. The molecule has 4 heterocycles. The van der Waals surface area contributed by atoms with Gasteiger partial charge in [0.15, 0.2) is 17.4 Å². The van der Waals surface area contributed by atoms with Crippen LogP contribution in [0.25, 0.3) is 33.5 Å². The topological polar surface area (TPSA) is 108 Å². The molecule has 9 heteroatoms. The molecule has 2 aliphatic heterocycles. The van der Waals surface area contributed by atoms with Crippen molar-refractivity contribution in [1.82, 2.24) is 30.0 Å². The average molecular weight is 486 g/mol. The number of nitriles is 1. The van der Waals surface area contributed by atoms with Crippen molar-refractivity contribution in [2.24, 2.45) is 0 Å². The number of aryl methyl sites for hydroxylation is 1. The van der Waals surface area contributed by atoms with E-state index in [1.54, 1.807) is 0 Å². The number of nitrogens with zero attached hydrogens (tertiary/aromatic N) is 5. The Kier molecular flexibility index (Phi) is 5.70. The maximum Gasteiger partial charge on any atom is 0.165 e. The zero-order valence-corrected chi connectivity index (χ0v) is 20.2. The van der Waals surface area contributed by atoms with Gasteiger partial charge in [-0.2, -0.15) is 10.4 Å². The Morgan fingerprint density at radius 3 is 2.92 bits per heavy atom. The highest BCUT2D eigenvalue weighted by Crippen LogP contribution is 2.34. The molecule has 0 atom stereocenters. The second-order valence-corrected chi connectivity index (χ2v) is 9.70. The van der Waals surface area contributed by atoms with Crippen LogP contribution in [0.2, 0.25) is 0 Å². The Hall–Kier alpha value is -3.74. The quantitative estimate of drug-likeness (QED) is 0.381. The Morgan fingerprint density at radius 2 is 2.11 bits per heavy atom. The van der Waals surface area contributed by atoms with Gasteiger partial charge in [-0.25, -0.2) is 9.37 Å². The van der Waals surface area contributed by atoms with Gasteiger partial charge in [-0.15, -0.1) is 0 Å². The van der Waals surface area contributed by atoms with Gasteiger partial charge < -0.3 is 10.1 Å². The van der Waals surface area contributed by atoms with E-state index in [0.717, 1.165) is 89.6 Å². The molecule has 1 saturated heterocycles. The van der Waals surface area contributed by atoms with E-state index >= 15 is 0 Å². The molecule has 6 rings (SSSR count). The zero-order valence-electron chi connectivity index (χ0n) is 20.2. The van der Waals surface area contributed by atoms with Gasteiger partial charge in [0.25, 0.3) is 0 Å². The van der Waals surface area contributed by atoms with Gasteiger partial charge in [-0.1, -0.05) is 13.0 Å². The van der Waals surface area contributed by atoms with Crippen molar-refractivity contribution in [3.8, 4) is 34.5 Å². The standard InChI is InChI=1S/C27H28FN7O/c1-2-16-11-25(36)21(28)12-20(16)17-4-5-19-23(10-17)32-33-26(19)27-30-22-6-9-35(15-24(22)31-27)18-13-34(14-18)8-3-7-29/h4-5,10-12,18,36H,2-3,6,8-9,13-15H2,1H3,(H,30,31)(H,32,33). The lowest BCUT2D eigenvalue weighted by Gasteiger charge is -2.46. The van der Waals surface area contributed by atoms with E-state index < -0.39 is 5.82 Å². The number of aromatic amines is 2. The SMILES string of the molecule is CCc1cc(O)c(F)cc1-c1ccc2c(-c3nc4c([nH]3)CN(C3CN(CCC#N)C3)CC4)n[nH]c2c1. The van der Waals surface area contributed by atoms with Crippen LogP contribution in [0.3, 0.4) is 0 Å². The second kappa shape index (κ2) is 9.04. The first kappa shape index (κ1) is 22.7. The molecule has 2 aromatic carbocycles. The van der Waals surface area contributed by atoms with E-state index in [4.69, 9.17) is 10.2 Å². The molecule has 3 N–H and O–H groups in total. The van der Waals surface area contributed by atoms with Crippen molar-refractivity contribution in [3.63, 3.8) is 0 Å². The summed E-state index contributed by atoms with van der Waals surface area (Å²) in [7, 11) is 0. The predicted molar refractivity (Wildman–Crippen MR) is 135 cm³/mol. The first-order valence-corrected chi connectivity index (χ1v) is 12.5. The van der Waals surface area contributed by atoms with Crippen molar-refractivity contribution in [2.45, 2.75) is 38.8 Å². The number of phenolic OH excluding ortho intramolecular Hbond substituents is 1. The molecule has 0 unspecified atom stereocenters. The van der Waals surface area contributed by atoms with Crippen LogP contribution in [-0.4, -0.2) is 67.3 Å². The molecule has 0 aliphatic carbocycles. The average Bonchev–Trinajstić information content (AvgIpc) is 3.47. The molecule has 2 aromatic heterocycles. The Bertz CT molecular complexity index is 1480.